The maximum absolute atomic E-state index is 12.5. The number of nitrogens with zero attached hydrogens (tertiary/aromatic N) is 2. The number of nitrogens with one attached hydrogen (secondary N) is 1. The third kappa shape index (κ3) is 3.58. The molecule has 0 unspecified atom stereocenters. The third-order valence-corrected chi connectivity index (χ3v) is 5.89. The van der Waals surface area contributed by atoms with Gasteiger partial charge in [-0.3, -0.25) is 4.72 Å². The number of benzene rings is 1. The molecule has 1 N–H and O–H groups in total. The molecule has 0 amide bonds. The van der Waals surface area contributed by atoms with Crippen LogP contribution in [0.4, 0.5) is 5.82 Å². The SMILES string of the molecule is CCn1nccc1NS(=O)(=O)c1ccc(C2CCCCC2)cc1. The van der Waals surface area contributed by atoms with E-state index in [4.69, 9.17) is 0 Å². The summed E-state index contributed by atoms with van der Waals surface area (Å²) in [5.41, 5.74) is 1.25. The molecule has 6 heteroatoms. The predicted molar refractivity (Wildman–Crippen MR) is 91.0 cm³/mol. The van der Waals surface area contributed by atoms with Gasteiger partial charge in [-0.15, -0.1) is 0 Å². The van der Waals surface area contributed by atoms with Crippen molar-refractivity contribution in [2.24, 2.45) is 0 Å². The monoisotopic (exact) mass is 333 g/mol. The molecule has 0 atom stereocenters. The average Bonchev–Trinajstić information content (AvgIpc) is 3.02. The summed E-state index contributed by atoms with van der Waals surface area (Å²) in [6.45, 7) is 2.54. The zero-order valence-corrected chi connectivity index (χ0v) is 14.2. The number of hydrogen-bond acceptors (Lipinski definition) is 3. The van der Waals surface area contributed by atoms with Crippen LogP contribution >= 0.6 is 0 Å². The van der Waals surface area contributed by atoms with Crippen LogP contribution < -0.4 is 4.72 Å². The van der Waals surface area contributed by atoms with E-state index in [2.05, 4.69) is 9.82 Å². The van der Waals surface area contributed by atoms with Crippen molar-refractivity contribution in [1.29, 1.82) is 0 Å². The molecular weight excluding hydrogens is 310 g/mol. The fraction of sp³-hybridized carbons (Fsp3) is 0.471. The lowest BCUT2D eigenvalue weighted by Crippen LogP contribution is -2.16. The Morgan fingerprint density at radius 2 is 1.83 bits per heavy atom. The van der Waals surface area contributed by atoms with Gasteiger partial charge in [-0.05, 0) is 43.4 Å². The van der Waals surface area contributed by atoms with Gasteiger partial charge in [0.15, 0.2) is 0 Å². The lowest BCUT2D eigenvalue weighted by molar-refractivity contribution is 0.443. The molecule has 1 aliphatic rings. The second kappa shape index (κ2) is 6.74. The standard InChI is InChI=1S/C17H23N3O2S/c1-2-20-17(12-13-18-20)19-23(21,22)16-10-8-15(9-11-16)14-6-4-3-5-7-14/h8-14,19H,2-7H2,1H3. The Balaban J connectivity index is 1.77. The van der Waals surface area contributed by atoms with E-state index in [9.17, 15) is 8.42 Å². The van der Waals surface area contributed by atoms with Crippen molar-refractivity contribution in [1.82, 2.24) is 9.78 Å². The van der Waals surface area contributed by atoms with E-state index < -0.39 is 10.0 Å². The number of anilines is 1. The van der Waals surface area contributed by atoms with Gasteiger partial charge in [0.05, 0.1) is 11.1 Å². The molecular formula is C17H23N3O2S. The maximum atomic E-state index is 12.5. The number of sulfonamides is 1. The van der Waals surface area contributed by atoms with Crippen LogP contribution in [0.3, 0.4) is 0 Å². The van der Waals surface area contributed by atoms with Crippen molar-refractivity contribution < 1.29 is 8.42 Å². The Morgan fingerprint density at radius 3 is 2.48 bits per heavy atom. The zero-order chi connectivity index (χ0) is 16.3. The fourth-order valence-electron chi connectivity index (χ4n) is 3.22. The molecule has 2 aromatic rings. The Bertz CT molecular complexity index is 744. The summed E-state index contributed by atoms with van der Waals surface area (Å²) in [6, 6.07) is 9.00. The number of aryl methyl sites for hydroxylation is 1. The topological polar surface area (TPSA) is 64.0 Å². The molecule has 23 heavy (non-hydrogen) atoms. The molecule has 0 saturated heterocycles. The van der Waals surface area contributed by atoms with E-state index in [-0.39, 0.29) is 0 Å². The number of rotatable bonds is 5. The maximum Gasteiger partial charge on any atom is 0.263 e. The first-order chi connectivity index (χ1) is 11.1. The second-order valence-electron chi connectivity index (χ2n) is 6.04. The fourth-order valence-corrected chi connectivity index (χ4v) is 4.28. The summed E-state index contributed by atoms with van der Waals surface area (Å²) >= 11 is 0. The lowest BCUT2D eigenvalue weighted by atomic mass is 9.84. The Hall–Kier alpha value is -1.82. The highest BCUT2D eigenvalue weighted by Crippen LogP contribution is 2.33. The molecule has 1 aliphatic carbocycles. The van der Waals surface area contributed by atoms with Crippen LogP contribution in [0.25, 0.3) is 0 Å². The van der Waals surface area contributed by atoms with Crippen LogP contribution in [0.1, 0.15) is 50.5 Å². The summed E-state index contributed by atoms with van der Waals surface area (Å²) < 4.78 is 29.2. The van der Waals surface area contributed by atoms with Crippen LogP contribution in [-0.2, 0) is 16.6 Å². The molecule has 0 spiro atoms. The lowest BCUT2D eigenvalue weighted by Gasteiger charge is -2.22. The third-order valence-electron chi connectivity index (χ3n) is 4.52. The van der Waals surface area contributed by atoms with E-state index >= 15 is 0 Å². The molecule has 1 heterocycles. The molecule has 5 nitrogen and oxygen atoms in total. The first kappa shape index (κ1) is 16.1. The van der Waals surface area contributed by atoms with Crippen molar-refractivity contribution in [3.63, 3.8) is 0 Å². The van der Waals surface area contributed by atoms with E-state index in [1.807, 2.05) is 19.1 Å². The van der Waals surface area contributed by atoms with Crippen molar-refractivity contribution in [2.45, 2.75) is 56.4 Å². The van der Waals surface area contributed by atoms with Gasteiger partial charge in [0.2, 0.25) is 0 Å². The minimum absolute atomic E-state index is 0.293. The second-order valence-corrected chi connectivity index (χ2v) is 7.72. The van der Waals surface area contributed by atoms with Crippen LogP contribution in [0, 0.1) is 0 Å². The van der Waals surface area contributed by atoms with E-state index in [0.717, 1.165) is 0 Å². The summed E-state index contributed by atoms with van der Waals surface area (Å²) in [5.74, 6) is 1.07. The van der Waals surface area contributed by atoms with Crippen molar-refractivity contribution in [3.8, 4) is 0 Å². The first-order valence-corrected chi connectivity index (χ1v) is 9.73. The minimum atomic E-state index is -3.57. The highest BCUT2D eigenvalue weighted by atomic mass is 32.2. The zero-order valence-electron chi connectivity index (χ0n) is 13.4. The van der Waals surface area contributed by atoms with Gasteiger partial charge in [-0.1, -0.05) is 31.4 Å². The van der Waals surface area contributed by atoms with Gasteiger partial charge in [-0.25, -0.2) is 13.1 Å². The summed E-state index contributed by atoms with van der Waals surface area (Å²) in [7, 11) is -3.57. The molecule has 1 aromatic heterocycles. The highest BCUT2D eigenvalue weighted by Gasteiger charge is 2.19. The van der Waals surface area contributed by atoms with Gasteiger partial charge in [0.25, 0.3) is 10.0 Å². The average molecular weight is 333 g/mol. The smallest absolute Gasteiger partial charge is 0.263 e. The van der Waals surface area contributed by atoms with Gasteiger partial charge < -0.3 is 0 Å². The number of hydrogen-bond donors (Lipinski definition) is 1. The molecule has 1 fully saturated rings. The molecule has 3 rings (SSSR count). The summed E-state index contributed by atoms with van der Waals surface area (Å²) in [4.78, 5) is 0.293. The Morgan fingerprint density at radius 1 is 1.13 bits per heavy atom. The molecule has 1 saturated carbocycles. The van der Waals surface area contributed by atoms with Crippen molar-refractivity contribution >= 4 is 15.8 Å². The van der Waals surface area contributed by atoms with Crippen molar-refractivity contribution in [3.05, 3.63) is 42.1 Å². The molecule has 0 radical (unpaired) electrons. The summed E-state index contributed by atoms with van der Waals surface area (Å²) in [6.07, 6.45) is 7.87. The normalized spacial score (nSPS) is 16.4. The van der Waals surface area contributed by atoms with E-state index in [0.29, 0.717) is 23.2 Å². The van der Waals surface area contributed by atoms with Crippen LogP contribution in [0.15, 0.2) is 41.4 Å². The highest BCUT2D eigenvalue weighted by molar-refractivity contribution is 7.92. The minimum Gasteiger partial charge on any atom is -0.264 e. The summed E-state index contributed by atoms with van der Waals surface area (Å²) in [5, 5.41) is 4.08. The van der Waals surface area contributed by atoms with Gasteiger partial charge in [0.1, 0.15) is 5.82 Å². The first-order valence-electron chi connectivity index (χ1n) is 8.25. The Labute approximate surface area is 137 Å². The molecule has 0 bridgehead atoms. The molecule has 0 aliphatic heterocycles. The van der Waals surface area contributed by atoms with Gasteiger partial charge in [0, 0.05) is 12.6 Å². The van der Waals surface area contributed by atoms with Crippen LogP contribution in [0.2, 0.25) is 0 Å². The van der Waals surface area contributed by atoms with E-state index in [1.165, 1.54) is 37.7 Å². The molecule has 1 aromatic carbocycles. The largest absolute Gasteiger partial charge is 0.264 e. The van der Waals surface area contributed by atoms with Crippen LogP contribution in [0.5, 0.6) is 0 Å². The number of aromatic nitrogens is 2. The van der Waals surface area contributed by atoms with Gasteiger partial charge >= 0.3 is 0 Å². The predicted octanol–water partition coefficient (Wildman–Crippen LogP) is 3.75. The quantitative estimate of drug-likeness (QED) is 0.906. The Kier molecular flexibility index (Phi) is 4.71. The van der Waals surface area contributed by atoms with Crippen molar-refractivity contribution in [2.75, 3.05) is 4.72 Å². The van der Waals surface area contributed by atoms with Gasteiger partial charge in [-0.2, -0.15) is 5.10 Å². The van der Waals surface area contributed by atoms with Crippen LogP contribution in [-0.4, -0.2) is 18.2 Å². The van der Waals surface area contributed by atoms with E-state index in [1.54, 1.807) is 29.1 Å². The molecule has 124 valence electrons.